The second kappa shape index (κ2) is 6.48. The van der Waals surface area contributed by atoms with Crippen LogP contribution in [0.2, 0.25) is 0 Å². The maximum absolute atomic E-state index is 12.0. The topological polar surface area (TPSA) is 75.4 Å². The SMILES string of the molecule is CCNC(=O)CN(CC)C(=O)C(C)(N)CC. The maximum Gasteiger partial charge on any atom is 0.242 e. The lowest BCUT2D eigenvalue weighted by atomic mass is 9.98. The maximum atomic E-state index is 12.0. The molecule has 1 atom stereocenters. The molecular formula is C11H23N3O2. The molecule has 0 spiro atoms. The number of carbonyl (C=O) groups excluding carboxylic acids is 2. The summed E-state index contributed by atoms with van der Waals surface area (Å²) >= 11 is 0. The van der Waals surface area contributed by atoms with Gasteiger partial charge in [-0.25, -0.2) is 0 Å². The third-order valence-electron chi connectivity index (χ3n) is 2.60. The largest absolute Gasteiger partial charge is 0.355 e. The molecular weight excluding hydrogens is 206 g/mol. The second-order valence-corrected chi connectivity index (χ2v) is 4.04. The molecule has 0 aliphatic carbocycles. The third-order valence-corrected chi connectivity index (χ3v) is 2.60. The van der Waals surface area contributed by atoms with Crippen molar-refractivity contribution in [2.75, 3.05) is 19.6 Å². The summed E-state index contributed by atoms with van der Waals surface area (Å²) in [5.41, 5.74) is 4.98. The fourth-order valence-corrected chi connectivity index (χ4v) is 1.27. The Labute approximate surface area is 97.4 Å². The minimum atomic E-state index is -0.886. The van der Waals surface area contributed by atoms with E-state index in [-0.39, 0.29) is 18.4 Å². The van der Waals surface area contributed by atoms with Crippen LogP contribution >= 0.6 is 0 Å². The van der Waals surface area contributed by atoms with E-state index in [9.17, 15) is 9.59 Å². The lowest BCUT2D eigenvalue weighted by Crippen LogP contribution is -2.54. The first kappa shape index (κ1) is 14.9. The van der Waals surface area contributed by atoms with Gasteiger partial charge in [-0.05, 0) is 27.2 Å². The highest BCUT2D eigenvalue weighted by molar-refractivity contribution is 5.89. The Hall–Kier alpha value is -1.10. The van der Waals surface area contributed by atoms with E-state index in [1.165, 1.54) is 4.90 Å². The van der Waals surface area contributed by atoms with Gasteiger partial charge in [0.2, 0.25) is 11.8 Å². The summed E-state index contributed by atoms with van der Waals surface area (Å²) < 4.78 is 0. The Morgan fingerprint density at radius 1 is 1.31 bits per heavy atom. The Bertz CT molecular complexity index is 252. The van der Waals surface area contributed by atoms with Crippen LogP contribution in [0, 0.1) is 0 Å². The minimum Gasteiger partial charge on any atom is -0.355 e. The van der Waals surface area contributed by atoms with Crippen LogP contribution in [0.25, 0.3) is 0 Å². The molecule has 3 N–H and O–H groups in total. The van der Waals surface area contributed by atoms with Crippen LogP contribution in [0.15, 0.2) is 0 Å². The summed E-state index contributed by atoms with van der Waals surface area (Å²) in [6.45, 7) is 8.36. The zero-order valence-electron chi connectivity index (χ0n) is 10.7. The fraction of sp³-hybridized carbons (Fsp3) is 0.818. The molecule has 2 amide bonds. The summed E-state index contributed by atoms with van der Waals surface area (Å²) in [5, 5.41) is 2.66. The lowest BCUT2D eigenvalue weighted by molar-refractivity contribution is -0.140. The van der Waals surface area contributed by atoms with Gasteiger partial charge in [0.1, 0.15) is 0 Å². The Kier molecular flexibility index (Phi) is 6.03. The Morgan fingerprint density at radius 3 is 2.25 bits per heavy atom. The van der Waals surface area contributed by atoms with Gasteiger partial charge in [0.05, 0.1) is 12.1 Å². The van der Waals surface area contributed by atoms with Crippen LogP contribution in [-0.2, 0) is 9.59 Å². The second-order valence-electron chi connectivity index (χ2n) is 4.04. The van der Waals surface area contributed by atoms with E-state index in [0.29, 0.717) is 19.5 Å². The van der Waals surface area contributed by atoms with Crippen molar-refractivity contribution in [2.45, 2.75) is 39.7 Å². The van der Waals surface area contributed by atoms with Crippen LogP contribution in [0.3, 0.4) is 0 Å². The summed E-state index contributed by atoms with van der Waals surface area (Å²) in [7, 11) is 0. The molecule has 0 fully saturated rings. The van der Waals surface area contributed by atoms with Crippen molar-refractivity contribution >= 4 is 11.8 Å². The average Bonchev–Trinajstić information content (AvgIpc) is 2.25. The summed E-state index contributed by atoms with van der Waals surface area (Å²) in [6, 6.07) is 0. The normalized spacial score (nSPS) is 14.1. The van der Waals surface area contributed by atoms with E-state index < -0.39 is 5.54 Å². The Balaban J connectivity index is 4.50. The Morgan fingerprint density at radius 2 is 1.88 bits per heavy atom. The van der Waals surface area contributed by atoms with Gasteiger partial charge in [0, 0.05) is 13.1 Å². The predicted octanol–water partition coefficient (Wildman–Crippen LogP) is 0.0984. The van der Waals surface area contributed by atoms with Crippen molar-refractivity contribution in [3.63, 3.8) is 0 Å². The van der Waals surface area contributed by atoms with Crippen molar-refractivity contribution in [3.8, 4) is 0 Å². The number of nitrogens with one attached hydrogen (secondary N) is 1. The quantitative estimate of drug-likeness (QED) is 0.678. The van der Waals surface area contributed by atoms with Gasteiger partial charge in [-0.2, -0.15) is 0 Å². The first-order chi connectivity index (χ1) is 7.38. The molecule has 1 unspecified atom stereocenters. The summed E-state index contributed by atoms with van der Waals surface area (Å²) in [5.74, 6) is -0.326. The number of amides is 2. The van der Waals surface area contributed by atoms with Gasteiger partial charge < -0.3 is 16.0 Å². The molecule has 0 radical (unpaired) electrons. The molecule has 0 aromatic rings. The summed E-state index contributed by atoms with van der Waals surface area (Å²) in [4.78, 5) is 24.9. The molecule has 94 valence electrons. The van der Waals surface area contributed by atoms with Gasteiger partial charge >= 0.3 is 0 Å². The molecule has 0 aromatic carbocycles. The van der Waals surface area contributed by atoms with Crippen LogP contribution in [-0.4, -0.2) is 41.9 Å². The van der Waals surface area contributed by atoms with E-state index in [0.717, 1.165) is 0 Å². The third kappa shape index (κ3) is 4.18. The molecule has 0 aliphatic heterocycles. The molecule has 0 heterocycles. The van der Waals surface area contributed by atoms with Gasteiger partial charge in [0.15, 0.2) is 0 Å². The predicted molar refractivity (Wildman–Crippen MR) is 63.8 cm³/mol. The highest BCUT2D eigenvalue weighted by Gasteiger charge is 2.30. The van der Waals surface area contributed by atoms with E-state index >= 15 is 0 Å². The molecule has 5 nitrogen and oxygen atoms in total. The zero-order valence-corrected chi connectivity index (χ0v) is 10.7. The summed E-state index contributed by atoms with van der Waals surface area (Å²) in [6.07, 6.45) is 0.553. The van der Waals surface area contributed by atoms with Gasteiger partial charge in [-0.1, -0.05) is 6.92 Å². The van der Waals surface area contributed by atoms with Crippen LogP contribution in [0.4, 0.5) is 0 Å². The van der Waals surface area contributed by atoms with Gasteiger partial charge in [0.25, 0.3) is 0 Å². The van der Waals surface area contributed by atoms with Crippen molar-refractivity contribution in [2.24, 2.45) is 5.73 Å². The standard InChI is InChI=1S/C11H23N3O2/c1-5-11(4,12)10(16)14(7-3)8-9(15)13-6-2/h5-8,12H2,1-4H3,(H,13,15). The highest BCUT2D eigenvalue weighted by Crippen LogP contribution is 2.09. The molecule has 0 aliphatic rings. The van der Waals surface area contributed by atoms with Crippen LogP contribution < -0.4 is 11.1 Å². The van der Waals surface area contributed by atoms with Crippen molar-refractivity contribution in [1.29, 1.82) is 0 Å². The number of hydrogen-bond donors (Lipinski definition) is 2. The fourth-order valence-electron chi connectivity index (χ4n) is 1.27. The van der Waals surface area contributed by atoms with E-state index in [2.05, 4.69) is 5.32 Å². The average molecular weight is 229 g/mol. The number of likely N-dealkylation sites (N-methyl/N-ethyl adjacent to an activating group) is 2. The van der Waals surface area contributed by atoms with Crippen molar-refractivity contribution < 1.29 is 9.59 Å². The number of nitrogens with zero attached hydrogens (tertiary/aromatic N) is 1. The van der Waals surface area contributed by atoms with Gasteiger partial charge in [-0.3, -0.25) is 9.59 Å². The number of hydrogen-bond acceptors (Lipinski definition) is 3. The van der Waals surface area contributed by atoms with E-state index in [4.69, 9.17) is 5.73 Å². The first-order valence-electron chi connectivity index (χ1n) is 5.73. The van der Waals surface area contributed by atoms with Crippen LogP contribution in [0.5, 0.6) is 0 Å². The molecule has 5 heteroatoms. The first-order valence-corrected chi connectivity index (χ1v) is 5.73. The minimum absolute atomic E-state index is 0.0793. The van der Waals surface area contributed by atoms with E-state index in [1.807, 2.05) is 20.8 Å². The molecule has 16 heavy (non-hydrogen) atoms. The lowest BCUT2D eigenvalue weighted by Gasteiger charge is -2.29. The molecule has 0 rings (SSSR count). The number of carbonyl (C=O) groups is 2. The molecule has 0 saturated carbocycles. The zero-order chi connectivity index (χ0) is 12.8. The smallest absolute Gasteiger partial charge is 0.242 e. The van der Waals surface area contributed by atoms with E-state index in [1.54, 1.807) is 6.92 Å². The number of rotatable bonds is 6. The van der Waals surface area contributed by atoms with Crippen molar-refractivity contribution in [3.05, 3.63) is 0 Å². The molecule has 0 bridgehead atoms. The van der Waals surface area contributed by atoms with Gasteiger partial charge in [-0.15, -0.1) is 0 Å². The highest BCUT2D eigenvalue weighted by atomic mass is 16.2. The van der Waals surface area contributed by atoms with Crippen LogP contribution in [0.1, 0.15) is 34.1 Å². The monoisotopic (exact) mass is 229 g/mol. The number of nitrogens with two attached hydrogens (primary N) is 1. The van der Waals surface area contributed by atoms with Crippen molar-refractivity contribution in [1.82, 2.24) is 10.2 Å². The molecule has 0 aromatic heterocycles. The molecule has 0 saturated heterocycles.